The van der Waals surface area contributed by atoms with Crippen LogP contribution in [0.4, 0.5) is 0 Å². The monoisotopic (exact) mass is 351 g/mol. The van der Waals surface area contributed by atoms with Gasteiger partial charge in [-0.15, -0.1) is 0 Å². The Labute approximate surface area is 156 Å². The average Bonchev–Trinajstić information content (AvgIpc) is 2.80. The third-order valence-electron chi connectivity index (χ3n) is 6.30. The Kier molecular flexibility index (Phi) is 4.86. The maximum absolute atomic E-state index is 12.6. The quantitative estimate of drug-likeness (QED) is 0.918. The standard InChI is InChI=1S/C22H29N3O/c1-16-6-9-21(24(16)2)15-23-22(26)19-8-7-17-10-12-25(20-4-3-5-20)13-11-18(17)14-19/h6-9,14,20H,3-5,10-13,15H2,1-2H3,(H,23,26). The number of aromatic nitrogens is 1. The lowest BCUT2D eigenvalue weighted by molar-refractivity contribution is 0.0950. The van der Waals surface area contributed by atoms with Crippen molar-refractivity contribution in [2.75, 3.05) is 13.1 Å². The van der Waals surface area contributed by atoms with Crippen molar-refractivity contribution in [2.45, 2.75) is 51.6 Å². The molecule has 1 amide bonds. The fourth-order valence-corrected chi connectivity index (χ4v) is 4.12. The van der Waals surface area contributed by atoms with Gasteiger partial charge in [-0.1, -0.05) is 12.5 Å². The zero-order valence-corrected chi connectivity index (χ0v) is 15.9. The zero-order chi connectivity index (χ0) is 18.1. The number of carbonyl (C=O) groups excluding carboxylic acids is 1. The second-order valence-electron chi connectivity index (χ2n) is 7.81. The second-order valence-corrected chi connectivity index (χ2v) is 7.81. The average molecular weight is 351 g/mol. The van der Waals surface area contributed by atoms with Crippen LogP contribution < -0.4 is 5.32 Å². The Balaban J connectivity index is 1.41. The van der Waals surface area contributed by atoms with Crippen molar-refractivity contribution in [3.8, 4) is 0 Å². The number of hydrogen-bond donors (Lipinski definition) is 1. The Bertz CT molecular complexity index is 804. The maximum Gasteiger partial charge on any atom is 0.251 e. The van der Waals surface area contributed by atoms with Gasteiger partial charge in [0.05, 0.1) is 6.54 Å². The molecule has 0 atom stereocenters. The van der Waals surface area contributed by atoms with E-state index in [9.17, 15) is 4.79 Å². The van der Waals surface area contributed by atoms with Crippen LogP contribution in [0.15, 0.2) is 30.3 Å². The molecule has 2 aliphatic rings. The topological polar surface area (TPSA) is 37.3 Å². The van der Waals surface area contributed by atoms with E-state index >= 15 is 0 Å². The highest BCUT2D eigenvalue weighted by Gasteiger charge is 2.26. The highest BCUT2D eigenvalue weighted by molar-refractivity contribution is 5.94. The first-order chi connectivity index (χ1) is 12.6. The number of nitrogens with one attached hydrogen (secondary N) is 1. The largest absolute Gasteiger partial charge is 0.350 e. The van der Waals surface area contributed by atoms with Crippen LogP contribution >= 0.6 is 0 Å². The molecule has 4 rings (SSSR count). The van der Waals surface area contributed by atoms with Crippen molar-refractivity contribution in [3.05, 3.63) is 58.4 Å². The van der Waals surface area contributed by atoms with Gasteiger partial charge in [-0.25, -0.2) is 0 Å². The summed E-state index contributed by atoms with van der Waals surface area (Å²) in [6.07, 6.45) is 6.28. The van der Waals surface area contributed by atoms with Crippen LogP contribution in [0.5, 0.6) is 0 Å². The molecule has 1 aliphatic heterocycles. The Hall–Kier alpha value is -2.07. The van der Waals surface area contributed by atoms with E-state index in [0.29, 0.717) is 6.54 Å². The van der Waals surface area contributed by atoms with Crippen molar-refractivity contribution >= 4 is 5.91 Å². The van der Waals surface area contributed by atoms with Gasteiger partial charge in [0.2, 0.25) is 0 Å². The van der Waals surface area contributed by atoms with Gasteiger partial charge in [0.25, 0.3) is 5.91 Å². The molecule has 0 radical (unpaired) electrons. The molecule has 1 fully saturated rings. The molecular weight excluding hydrogens is 322 g/mol. The summed E-state index contributed by atoms with van der Waals surface area (Å²) < 4.78 is 2.12. The first-order valence-corrected chi connectivity index (χ1v) is 9.87. The Morgan fingerprint density at radius 1 is 1.12 bits per heavy atom. The van der Waals surface area contributed by atoms with Crippen LogP contribution in [0.2, 0.25) is 0 Å². The molecule has 1 N–H and O–H groups in total. The molecule has 4 nitrogen and oxygen atoms in total. The van der Waals surface area contributed by atoms with Gasteiger partial charge < -0.3 is 9.88 Å². The lowest BCUT2D eigenvalue weighted by Gasteiger charge is -2.36. The summed E-state index contributed by atoms with van der Waals surface area (Å²) in [7, 11) is 2.03. The zero-order valence-electron chi connectivity index (χ0n) is 15.9. The molecule has 138 valence electrons. The van der Waals surface area contributed by atoms with E-state index in [-0.39, 0.29) is 5.91 Å². The van der Waals surface area contributed by atoms with E-state index < -0.39 is 0 Å². The molecule has 26 heavy (non-hydrogen) atoms. The Morgan fingerprint density at radius 2 is 1.88 bits per heavy atom. The lowest BCUT2D eigenvalue weighted by atomic mass is 9.91. The molecule has 0 spiro atoms. The number of benzene rings is 1. The van der Waals surface area contributed by atoms with Crippen LogP contribution in [-0.4, -0.2) is 34.5 Å². The van der Waals surface area contributed by atoms with Gasteiger partial charge in [-0.3, -0.25) is 9.69 Å². The number of hydrogen-bond acceptors (Lipinski definition) is 2. The van der Waals surface area contributed by atoms with Gasteiger partial charge in [-0.05, 0) is 68.0 Å². The van der Waals surface area contributed by atoms with Crippen molar-refractivity contribution in [1.82, 2.24) is 14.8 Å². The van der Waals surface area contributed by atoms with E-state index in [4.69, 9.17) is 0 Å². The minimum Gasteiger partial charge on any atom is -0.350 e. The maximum atomic E-state index is 12.6. The number of rotatable bonds is 4. The Morgan fingerprint density at radius 3 is 2.54 bits per heavy atom. The summed E-state index contributed by atoms with van der Waals surface area (Å²) >= 11 is 0. The predicted molar refractivity (Wildman–Crippen MR) is 104 cm³/mol. The molecule has 0 bridgehead atoms. The number of carbonyl (C=O) groups is 1. The highest BCUT2D eigenvalue weighted by atomic mass is 16.1. The third-order valence-corrected chi connectivity index (χ3v) is 6.30. The summed E-state index contributed by atoms with van der Waals surface area (Å²) in [5, 5.41) is 3.07. The van der Waals surface area contributed by atoms with Crippen LogP contribution in [-0.2, 0) is 26.4 Å². The predicted octanol–water partition coefficient (Wildman–Crippen LogP) is 3.22. The van der Waals surface area contributed by atoms with E-state index in [1.807, 2.05) is 13.1 Å². The van der Waals surface area contributed by atoms with Crippen LogP contribution in [0, 0.1) is 6.92 Å². The van der Waals surface area contributed by atoms with E-state index in [1.165, 1.54) is 36.1 Å². The molecule has 4 heteroatoms. The number of amides is 1. The smallest absolute Gasteiger partial charge is 0.251 e. The number of nitrogens with zero attached hydrogens (tertiary/aromatic N) is 2. The number of aryl methyl sites for hydroxylation is 1. The van der Waals surface area contributed by atoms with Crippen molar-refractivity contribution in [2.24, 2.45) is 7.05 Å². The van der Waals surface area contributed by atoms with Crippen molar-refractivity contribution in [1.29, 1.82) is 0 Å². The summed E-state index contributed by atoms with van der Waals surface area (Å²) in [5.41, 5.74) is 5.89. The van der Waals surface area contributed by atoms with E-state index in [0.717, 1.165) is 43.2 Å². The number of fused-ring (bicyclic) bond motifs is 1. The molecule has 1 aromatic heterocycles. The SMILES string of the molecule is Cc1ccc(CNC(=O)c2ccc3c(c2)CCN(C2CCC2)CC3)n1C. The van der Waals surface area contributed by atoms with Crippen LogP contribution in [0.25, 0.3) is 0 Å². The van der Waals surface area contributed by atoms with Crippen LogP contribution in [0.1, 0.15) is 52.1 Å². The van der Waals surface area contributed by atoms with Crippen molar-refractivity contribution in [3.63, 3.8) is 0 Å². The first-order valence-electron chi connectivity index (χ1n) is 9.87. The molecule has 0 saturated heterocycles. The molecular formula is C22H29N3O. The normalized spacial score (nSPS) is 18.1. The minimum atomic E-state index is 0.0201. The molecule has 2 heterocycles. The van der Waals surface area contributed by atoms with Gasteiger partial charge in [0, 0.05) is 43.1 Å². The van der Waals surface area contributed by atoms with Gasteiger partial charge in [-0.2, -0.15) is 0 Å². The van der Waals surface area contributed by atoms with Crippen LogP contribution in [0.3, 0.4) is 0 Å². The molecule has 2 aromatic rings. The summed E-state index contributed by atoms with van der Waals surface area (Å²) in [6, 6.07) is 11.2. The molecule has 1 aliphatic carbocycles. The fourth-order valence-electron chi connectivity index (χ4n) is 4.12. The van der Waals surface area contributed by atoms with Gasteiger partial charge in [0.1, 0.15) is 0 Å². The molecule has 1 saturated carbocycles. The fraction of sp³-hybridized carbons (Fsp3) is 0.500. The summed E-state index contributed by atoms with van der Waals surface area (Å²) in [5.74, 6) is 0.0201. The third kappa shape index (κ3) is 3.43. The lowest BCUT2D eigenvalue weighted by Crippen LogP contribution is -2.41. The van der Waals surface area contributed by atoms with E-state index in [2.05, 4.69) is 46.0 Å². The highest BCUT2D eigenvalue weighted by Crippen LogP contribution is 2.27. The van der Waals surface area contributed by atoms with Crippen molar-refractivity contribution < 1.29 is 4.79 Å². The van der Waals surface area contributed by atoms with E-state index in [1.54, 1.807) is 0 Å². The minimum absolute atomic E-state index is 0.0201. The summed E-state index contributed by atoms with van der Waals surface area (Å²) in [6.45, 7) is 4.93. The van der Waals surface area contributed by atoms with Gasteiger partial charge >= 0.3 is 0 Å². The summed E-state index contributed by atoms with van der Waals surface area (Å²) in [4.78, 5) is 15.3. The second kappa shape index (κ2) is 7.28. The molecule has 1 aromatic carbocycles. The van der Waals surface area contributed by atoms with Gasteiger partial charge in [0.15, 0.2) is 0 Å². The molecule has 0 unspecified atom stereocenters. The first kappa shape index (κ1) is 17.3.